The Hall–Kier alpha value is -1.89. The normalized spacial score (nSPS) is 15.0. The number of Topliss-reactive ketones (excluding diaryl/α,β-unsaturated/α-hetero) is 1. The van der Waals surface area contributed by atoms with E-state index in [1.54, 1.807) is 0 Å². The van der Waals surface area contributed by atoms with Crippen LogP contribution < -0.4 is 4.90 Å². The van der Waals surface area contributed by atoms with Gasteiger partial charge >= 0.3 is 6.18 Å². The number of carbonyl (C=O) groups is 2. The molecule has 0 atom stereocenters. The summed E-state index contributed by atoms with van der Waals surface area (Å²) < 4.78 is 38.0. The SMILES string of the molecule is CN(C)CCCN1C(=O)C(=O)c2cc(C(F)(F)F)ccc21. The molecule has 1 aliphatic heterocycles. The number of fused-ring (bicyclic) bond motifs is 1. The second-order valence-electron chi connectivity index (χ2n) is 5.17. The van der Waals surface area contributed by atoms with Gasteiger partial charge in [-0.2, -0.15) is 13.2 Å². The predicted molar refractivity (Wildman–Crippen MR) is 71.3 cm³/mol. The molecule has 0 radical (unpaired) electrons. The van der Waals surface area contributed by atoms with E-state index in [1.807, 2.05) is 19.0 Å². The highest BCUT2D eigenvalue weighted by Crippen LogP contribution is 2.36. The molecule has 0 bridgehead atoms. The van der Waals surface area contributed by atoms with Crippen molar-refractivity contribution in [3.05, 3.63) is 29.3 Å². The molecule has 1 aliphatic rings. The van der Waals surface area contributed by atoms with Crippen molar-refractivity contribution in [1.29, 1.82) is 0 Å². The Bertz CT molecular complexity index is 582. The lowest BCUT2D eigenvalue weighted by atomic mass is 10.1. The van der Waals surface area contributed by atoms with Gasteiger partial charge < -0.3 is 9.80 Å². The molecule has 1 aromatic rings. The molecule has 1 amide bonds. The lowest BCUT2D eigenvalue weighted by molar-refractivity contribution is -0.137. The van der Waals surface area contributed by atoms with Gasteiger partial charge in [-0.1, -0.05) is 0 Å². The fraction of sp³-hybridized carbons (Fsp3) is 0.429. The van der Waals surface area contributed by atoms with E-state index in [4.69, 9.17) is 0 Å². The molecule has 4 nitrogen and oxygen atoms in total. The fourth-order valence-corrected chi connectivity index (χ4v) is 2.24. The highest BCUT2D eigenvalue weighted by Gasteiger charge is 2.38. The molecule has 0 aromatic heterocycles. The van der Waals surface area contributed by atoms with E-state index in [-0.39, 0.29) is 11.3 Å². The number of ketones is 1. The van der Waals surface area contributed by atoms with Crippen LogP contribution in [0.5, 0.6) is 0 Å². The minimum Gasteiger partial charge on any atom is -0.309 e. The van der Waals surface area contributed by atoms with Crippen LogP contribution in [0.3, 0.4) is 0 Å². The second-order valence-corrected chi connectivity index (χ2v) is 5.17. The monoisotopic (exact) mass is 300 g/mol. The zero-order chi connectivity index (χ0) is 15.8. The Kier molecular flexibility index (Phi) is 4.04. The topological polar surface area (TPSA) is 40.6 Å². The fourth-order valence-electron chi connectivity index (χ4n) is 2.24. The number of carbonyl (C=O) groups excluding carboxylic acids is 2. The van der Waals surface area contributed by atoms with E-state index < -0.39 is 23.4 Å². The number of halogens is 3. The molecule has 114 valence electrons. The smallest absolute Gasteiger partial charge is 0.309 e. The summed E-state index contributed by atoms with van der Waals surface area (Å²) in [6.07, 6.45) is -3.90. The van der Waals surface area contributed by atoms with Crippen molar-refractivity contribution >= 4 is 17.4 Å². The maximum atomic E-state index is 12.7. The molecule has 0 spiro atoms. The maximum absolute atomic E-state index is 12.7. The van der Waals surface area contributed by atoms with E-state index in [9.17, 15) is 22.8 Å². The number of anilines is 1. The standard InChI is InChI=1S/C14H15F3N2O2/c1-18(2)6-3-7-19-11-5-4-9(14(15,16)17)8-10(11)12(20)13(19)21/h4-5,8H,3,6-7H2,1-2H3. The Balaban J connectivity index is 2.26. The van der Waals surface area contributed by atoms with Gasteiger partial charge in [0.15, 0.2) is 0 Å². The Labute approximate surface area is 120 Å². The molecule has 21 heavy (non-hydrogen) atoms. The number of hydrogen-bond acceptors (Lipinski definition) is 3. The summed E-state index contributed by atoms with van der Waals surface area (Å²) in [5.74, 6) is -1.64. The van der Waals surface area contributed by atoms with Gasteiger partial charge in [0.25, 0.3) is 11.7 Å². The van der Waals surface area contributed by atoms with Gasteiger partial charge in [-0.25, -0.2) is 0 Å². The first-order valence-corrected chi connectivity index (χ1v) is 6.44. The highest BCUT2D eigenvalue weighted by molar-refractivity contribution is 6.52. The van der Waals surface area contributed by atoms with Crippen molar-refractivity contribution in [1.82, 2.24) is 4.90 Å². The molecule has 0 unspecified atom stereocenters. The van der Waals surface area contributed by atoms with E-state index in [2.05, 4.69) is 0 Å². The van der Waals surface area contributed by atoms with Crippen molar-refractivity contribution in [2.75, 3.05) is 32.1 Å². The molecule has 2 rings (SSSR count). The molecule has 7 heteroatoms. The quantitative estimate of drug-likeness (QED) is 0.800. The van der Waals surface area contributed by atoms with Gasteiger partial charge in [0, 0.05) is 6.54 Å². The van der Waals surface area contributed by atoms with E-state index >= 15 is 0 Å². The molecule has 1 aromatic carbocycles. The van der Waals surface area contributed by atoms with E-state index in [1.165, 1.54) is 11.0 Å². The summed E-state index contributed by atoms with van der Waals surface area (Å²) in [6, 6.07) is 2.84. The molecular formula is C14H15F3N2O2. The van der Waals surface area contributed by atoms with Crippen LogP contribution in [0.15, 0.2) is 18.2 Å². The maximum Gasteiger partial charge on any atom is 0.416 e. The highest BCUT2D eigenvalue weighted by atomic mass is 19.4. The second kappa shape index (κ2) is 5.48. The number of hydrogen-bond donors (Lipinski definition) is 0. The number of nitrogens with zero attached hydrogens (tertiary/aromatic N) is 2. The van der Waals surface area contributed by atoms with Crippen LogP contribution in [-0.2, 0) is 11.0 Å². The first-order valence-electron chi connectivity index (χ1n) is 6.44. The number of alkyl halides is 3. The lowest BCUT2D eigenvalue weighted by Gasteiger charge is -2.18. The van der Waals surface area contributed by atoms with Crippen LogP contribution in [-0.4, -0.2) is 43.8 Å². The third-order valence-corrected chi connectivity index (χ3v) is 3.29. The van der Waals surface area contributed by atoms with Crippen molar-refractivity contribution in [3.63, 3.8) is 0 Å². The minimum atomic E-state index is -4.53. The van der Waals surface area contributed by atoms with Gasteiger partial charge in [-0.15, -0.1) is 0 Å². The minimum absolute atomic E-state index is 0.167. The van der Waals surface area contributed by atoms with Crippen LogP contribution in [0.4, 0.5) is 18.9 Å². The zero-order valence-electron chi connectivity index (χ0n) is 11.7. The summed E-state index contributed by atoms with van der Waals surface area (Å²) in [6.45, 7) is 1.02. The molecule has 0 saturated heterocycles. The van der Waals surface area contributed by atoms with Crippen LogP contribution in [0.1, 0.15) is 22.3 Å². The summed E-state index contributed by atoms with van der Waals surface area (Å²) in [7, 11) is 3.75. The van der Waals surface area contributed by atoms with Gasteiger partial charge in [0.05, 0.1) is 16.8 Å². The number of rotatable bonds is 4. The van der Waals surface area contributed by atoms with E-state index in [0.29, 0.717) is 19.5 Å². The van der Waals surface area contributed by atoms with Crippen molar-refractivity contribution in [2.24, 2.45) is 0 Å². The molecule has 1 heterocycles. The third-order valence-electron chi connectivity index (χ3n) is 3.29. The van der Waals surface area contributed by atoms with Crippen LogP contribution >= 0.6 is 0 Å². The van der Waals surface area contributed by atoms with Gasteiger partial charge in [0.2, 0.25) is 0 Å². The van der Waals surface area contributed by atoms with Gasteiger partial charge in [0.1, 0.15) is 0 Å². The van der Waals surface area contributed by atoms with Crippen molar-refractivity contribution in [2.45, 2.75) is 12.6 Å². The first-order chi connectivity index (χ1) is 9.71. The summed E-state index contributed by atoms with van der Waals surface area (Å²) in [5.41, 5.74) is -0.825. The number of amides is 1. The van der Waals surface area contributed by atoms with Gasteiger partial charge in [-0.05, 0) is 45.3 Å². The molecule has 0 N–H and O–H groups in total. The molecule has 0 saturated carbocycles. The van der Waals surface area contributed by atoms with Crippen molar-refractivity contribution in [3.8, 4) is 0 Å². The van der Waals surface area contributed by atoms with E-state index in [0.717, 1.165) is 12.1 Å². The average Bonchev–Trinajstić information content (AvgIpc) is 2.62. The molecule has 0 fully saturated rings. The average molecular weight is 300 g/mol. The Morgan fingerprint density at radius 3 is 2.43 bits per heavy atom. The van der Waals surface area contributed by atoms with Crippen LogP contribution in [0.25, 0.3) is 0 Å². The summed E-state index contributed by atoms with van der Waals surface area (Å²) in [5, 5.41) is 0. The first kappa shape index (κ1) is 15.5. The lowest BCUT2D eigenvalue weighted by Crippen LogP contribution is -2.32. The van der Waals surface area contributed by atoms with Gasteiger partial charge in [-0.3, -0.25) is 9.59 Å². The largest absolute Gasteiger partial charge is 0.416 e. The summed E-state index contributed by atoms with van der Waals surface area (Å²) in [4.78, 5) is 26.9. The third kappa shape index (κ3) is 3.07. The van der Waals surface area contributed by atoms with Crippen molar-refractivity contribution < 1.29 is 22.8 Å². The molecule has 0 aliphatic carbocycles. The van der Waals surface area contributed by atoms with Crippen LogP contribution in [0, 0.1) is 0 Å². The predicted octanol–water partition coefficient (Wildman–Crippen LogP) is 2.19. The molecular weight excluding hydrogens is 285 g/mol. The number of benzene rings is 1. The Morgan fingerprint density at radius 2 is 1.86 bits per heavy atom. The summed E-state index contributed by atoms with van der Waals surface area (Å²) >= 11 is 0. The Morgan fingerprint density at radius 1 is 1.19 bits per heavy atom. The van der Waals surface area contributed by atoms with Crippen LogP contribution in [0.2, 0.25) is 0 Å². The zero-order valence-corrected chi connectivity index (χ0v) is 11.7.